The van der Waals surface area contributed by atoms with Crippen LogP contribution in [0, 0.1) is 5.82 Å². The number of methoxy groups -OCH3 is 3. The number of anilines is 1. The summed E-state index contributed by atoms with van der Waals surface area (Å²) < 4.78 is 28.8. The fraction of sp³-hybridized carbons (Fsp3) is 0.176. The number of hydrogen-bond donors (Lipinski definition) is 2. The highest BCUT2D eigenvalue weighted by atomic mass is 32.1. The van der Waals surface area contributed by atoms with Crippen LogP contribution in [0.2, 0.25) is 0 Å². The zero-order chi connectivity index (χ0) is 18.4. The second-order valence-electron chi connectivity index (χ2n) is 4.83. The molecule has 1 amide bonds. The van der Waals surface area contributed by atoms with Crippen molar-refractivity contribution in [2.24, 2.45) is 0 Å². The van der Waals surface area contributed by atoms with Crippen molar-refractivity contribution in [2.75, 3.05) is 26.6 Å². The number of carbonyl (C=O) groups excluding carboxylic acids is 1. The minimum absolute atomic E-state index is 0.0318. The van der Waals surface area contributed by atoms with Crippen LogP contribution in [-0.2, 0) is 0 Å². The van der Waals surface area contributed by atoms with Crippen molar-refractivity contribution in [1.82, 2.24) is 5.32 Å². The highest BCUT2D eigenvalue weighted by molar-refractivity contribution is 7.80. The molecule has 0 fully saturated rings. The highest BCUT2D eigenvalue weighted by Crippen LogP contribution is 2.38. The lowest BCUT2D eigenvalue weighted by Gasteiger charge is -2.14. The molecule has 6 nitrogen and oxygen atoms in total. The van der Waals surface area contributed by atoms with Gasteiger partial charge in [0.15, 0.2) is 16.6 Å². The lowest BCUT2D eigenvalue weighted by molar-refractivity contribution is 0.0977. The maximum absolute atomic E-state index is 13.2. The number of hydrogen-bond acceptors (Lipinski definition) is 5. The molecule has 0 bridgehead atoms. The summed E-state index contributed by atoms with van der Waals surface area (Å²) in [4.78, 5) is 12.4. The van der Waals surface area contributed by atoms with Gasteiger partial charge in [-0.3, -0.25) is 10.1 Å². The van der Waals surface area contributed by atoms with Crippen LogP contribution < -0.4 is 24.8 Å². The highest BCUT2D eigenvalue weighted by Gasteiger charge is 2.17. The number of halogens is 1. The van der Waals surface area contributed by atoms with E-state index in [4.69, 9.17) is 26.4 Å². The predicted octanol–water partition coefficient (Wildman–Crippen LogP) is 2.98. The molecule has 2 rings (SSSR count). The number of benzene rings is 2. The van der Waals surface area contributed by atoms with E-state index in [1.165, 1.54) is 51.7 Å². The van der Waals surface area contributed by atoms with E-state index in [0.717, 1.165) is 0 Å². The van der Waals surface area contributed by atoms with Crippen molar-refractivity contribution >= 4 is 28.9 Å². The first-order valence-electron chi connectivity index (χ1n) is 7.16. The maximum atomic E-state index is 13.2. The SMILES string of the molecule is COc1cc(C(=O)NC(=S)Nc2cccc(F)c2)cc(OC)c1OC. The second kappa shape index (κ2) is 8.29. The van der Waals surface area contributed by atoms with Gasteiger partial charge in [-0.05, 0) is 42.5 Å². The summed E-state index contributed by atoms with van der Waals surface area (Å²) in [5.74, 6) is 0.172. The van der Waals surface area contributed by atoms with Gasteiger partial charge < -0.3 is 19.5 Å². The van der Waals surface area contributed by atoms with Gasteiger partial charge in [0.2, 0.25) is 5.75 Å². The Bertz CT molecular complexity index is 773. The Morgan fingerprint density at radius 1 is 1.04 bits per heavy atom. The first kappa shape index (κ1) is 18.5. The van der Waals surface area contributed by atoms with Crippen molar-refractivity contribution in [3.05, 3.63) is 47.8 Å². The van der Waals surface area contributed by atoms with Crippen LogP contribution in [0.4, 0.5) is 10.1 Å². The monoisotopic (exact) mass is 364 g/mol. The molecule has 2 aromatic rings. The van der Waals surface area contributed by atoms with Crippen molar-refractivity contribution in [2.45, 2.75) is 0 Å². The van der Waals surface area contributed by atoms with Crippen LogP contribution in [0.15, 0.2) is 36.4 Å². The molecule has 0 atom stereocenters. The summed E-state index contributed by atoms with van der Waals surface area (Å²) in [7, 11) is 4.38. The molecule has 0 saturated carbocycles. The minimum Gasteiger partial charge on any atom is -0.493 e. The lowest BCUT2D eigenvalue weighted by Crippen LogP contribution is -2.34. The third-order valence-corrected chi connectivity index (χ3v) is 3.44. The summed E-state index contributed by atoms with van der Waals surface area (Å²) in [5, 5.41) is 5.28. The molecule has 0 aliphatic heterocycles. The van der Waals surface area contributed by atoms with Gasteiger partial charge >= 0.3 is 0 Å². The van der Waals surface area contributed by atoms with Gasteiger partial charge in [0.05, 0.1) is 21.3 Å². The topological polar surface area (TPSA) is 68.8 Å². The van der Waals surface area contributed by atoms with Gasteiger partial charge in [-0.1, -0.05) is 6.07 Å². The Hall–Kier alpha value is -2.87. The molecular formula is C17H17FN2O4S. The third kappa shape index (κ3) is 4.57. The van der Waals surface area contributed by atoms with E-state index >= 15 is 0 Å². The van der Waals surface area contributed by atoms with Crippen molar-refractivity contribution in [3.8, 4) is 17.2 Å². The van der Waals surface area contributed by atoms with Gasteiger partial charge in [0.25, 0.3) is 5.91 Å². The van der Waals surface area contributed by atoms with Gasteiger partial charge in [-0.2, -0.15) is 0 Å². The van der Waals surface area contributed by atoms with Gasteiger partial charge in [-0.25, -0.2) is 4.39 Å². The zero-order valence-corrected chi connectivity index (χ0v) is 14.7. The smallest absolute Gasteiger partial charge is 0.257 e. The molecular weight excluding hydrogens is 347 g/mol. The van der Waals surface area contributed by atoms with E-state index in [-0.39, 0.29) is 10.7 Å². The van der Waals surface area contributed by atoms with E-state index in [9.17, 15) is 9.18 Å². The maximum Gasteiger partial charge on any atom is 0.257 e. The Morgan fingerprint density at radius 3 is 2.20 bits per heavy atom. The Balaban J connectivity index is 2.16. The van der Waals surface area contributed by atoms with Gasteiger partial charge in [-0.15, -0.1) is 0 Å². The van der Waals surface area contributed by atoms with E-state index in [1.807, 2.05) is 0 Å². The Kier molecular flexibility index (Phi) is 6.13. The number of rotatable bonds is 5. The van der Waals surface area contributed by atoms with Crippen LogP contribution in [0.1, 0.15) is 10.4 Å². The largest absolute Gasteiger partial charge is 0.493 e. The number of carbonyl (C=O) groups is 1. The van der Waals surface area contributed by atoms with E-state index in [1.54, 1.807) is 6.07 Å². The predicted molar refractivity (Wildman–Crippen MR) is 96.2 cm³/mol. The van der Waals surface area contributed by atoms with Crippen molar-refractivity contribution < 1.29 is 23.4 Å². The minimum atomic E-state index is -0.479. The fourth-order valence-corrected chi connectivity index (χ4v) is 2.33. The summed E-state index contributed by atoms with van der Waals surface area (Å²) >= 11 is 5.07. The number of thiocarbonyl (C=S) groups is 1. The van der Waals surface area contributed by atoms with Crippen LogP contribution in [0.5, 0.6) is 17.2 Å². The van der Waals surface area contributed by atoms with E-state index in [2.05, 4.69) is 10.6 Å². The number of amides is 1. The standard InChI is InChI=1S/C17H17FN2O4S/c1-22-13-7-10(8-14(23-2)15(13)24-3)16(21)20-17(25)19-12-6-4-5-11(18)9-12/h4-9H,1-3H3,(H2,19,20,21,25). The Morgan fingerprint density at radius 2 is 1.68 bits per heavy atom. The van der Waals surface area contributed by atoms with Crippen LogP contribution >= 0.6 is 12.2 Å². The molecule has 0 saturated heterocycles. The lowest BCUT2D eigenvalue weighted by atomic mass is 10.1. The average Bonchev–Trinajstić information content (AvgIpc) is 2.60. The van der Waals surface area contributed by atoms with Crippen LogP contribution in [0.25, 0.3) is 0 Å². The normalized spacial score (nSPS) is 9.92. The first-order valence-corrected chi connectivity index (χ1v) is 7.57. The first-order chi connectivity index (χ1) is 12.0. The molecule has 0 aliphatic carbocycles. The molecule has 0 heterocycles. The quantitative estimate of drug-likeness (QED) is 0.795. The molecule has 25 heavy (non-hydrogen) atoms. The molecule has 0 spiro atoms. The summed E-state index contributed by atoms with van der Waals surface area (Å²) in [6.45, 7) is 0. The summed E-state index contributed by atoms with van der Waals surface area (Å²) in [5.41, 5.74) is 0.688. The molecule has 0 aromatic heterocycles. The average molecular weight is 364 g/mol. The summed E-state index contributed by atoms with van der Waals surface area (Å²) in [6.07, 6.45) is 0. The van der Waals surface area contributed by atoms with Crippen LogP contribution in [0.3, 0.4) is 0 Å². The van der Waals surface area contributed by atoms with E-state index in [0.29, 0.717) is 22.9 Å². The number of ether oxygens (including phenoxy) is 3. The molecule has 0 unspecified atom stereocenters. The van der Waals surface area contributed by atoms with Crippen molar-refractivity contribution in [1.29, 1.82) is 0 Å². The third-order valence-electron chi connectivity index (χ3n) is 3.24. The van der Waals surface area contributed by atoms with E-state index < -0.39 is 11.7 Å². The number of nitrogens with one attached hydrogen (secondary N) is 2. The Labute approximate surface area is 149 Å². The molecule has 2 N–H and O–H groups in total. The molecule has 0 radical (unpaired) electrons. The molecule has 8 heteroatoms. The summed E-state index contributed by atoms with van der Waals surface area (Å²) in [6, 6.07) is 8.73. The van der Waals surface area contributed by atoms with Gasteiger partial charge in [0, 0.05) is 11.3 Å². The molecule has 132 valence electrons. The van der Waals surface area contributed by atoms with Gasteiger partial charge in [0.1, 0.15) is 5.82 Å². The zero-order valence-electron chi connectivity index (χ0n) is 13.9. The molecule has 2 aromatic carbocycles. The molecule has 0 aliphatic rings. The fourth-order valence-electron chi connectivity index (χ4n) is 2.12. The van der Waals surface area contributed by atoms with Crippen LogP contribution in [-0.4, -0.2) is 32.3 Å². The second-order valence-corrected chi connectivity index (χ2v) is 5.24. The van der Waals surface area contributed by atoms with Crippen molar-refractivity contribution in [3.63, 3.8) is 0 Å².